The Morgan fingerprint density at radius 2 is 0.929 bits per heavy atom. The van der Waals surface area contributed by atoms with Gasteiger partial charge in [0.15, 0.2) is 0 Å². The van der Waals surface area contributed by atoms with Crippen LogP contribution < -0.4 is 0 Å². The molecule has 0 saturated heterocycles. The fourth-order valence-corrected chi connectivity index (χ4v) is 0.385. The first kappa shape index (κ1) is 19.3. The van der Waals surface area contributed by atoms with E-state index >= 15 is 0 Å². The SMILES string of the molecule is CC.CS(=O)(=O)[O-].[Mn].c1ccccc1. The second-order valence-corrected chi connectivity index (χ2v) is 3.27. The minimum Gasteiger partial charge on any atom is -0.748 e. The first-order chi connectivity index (χ1) is 6.00. The van der Waals surface area contributed by atoms with Crippen LogP contribution in [-0.4, -0.2) is 19.2 Å². The topological polar surface area (TPSA) is 57.2 Å². The third-order valence-corrected chi connectivity index (χ3v) is 0.667. The molecule has 0 atom stereocenters. The zero-order chi connectivity index (χ0) is 10.7. The minimum absolute atomic E-state index is 0. The van der Waals surface area contributed by atoms with Crippen molar-refractivity contribution in [2.75, 3.05) is 6.26 Å². The monoisotopic (exact) mass is 258 g/mol. The molecule has 0 saturated carbocycles. The standard InChI is InChI=1S/C6H6.C2H6.CH4O3S.Mn/c1-2-4-6-5-3-1;1-2;1-5(2,3)4;/h1-6H;1-2H3;1H3,(H,2,3,4);/p-1. The van der Waals surface area contributed by atoms with Crippen LogP contribution in [0.5, 0.6) is 0 Å². The molecule has 5 heteroatoms. The van der Waals surface area contributed by atoms with Crippen LogP contribution in [0, 0.1) is 0 Å². The minimum atomic E-state index is -3.92. The van der Waals surface area contributed by atoms with Crippen LogP contribution in [0.15, 0.2) is 36.4 Å². The molecule has 83 valence electrons. The van der Waals surface area contributed by atoms with E-state index in [-0.39, 0.29) is 17.1 Å². The molecule has 0 heterocycles. The molecule has 0 aliphatic carbocycles. The zero-order valence-electron chi connectivity index (χ0n) is 8.48. The van der Waals surface area contributed by atoms with Crippen LogP contribution in [0.1, 0.15) is 13.8 Å². The van der Waals surface area contributed by atoms with E-state index in [1.165, 1.54) is 0 Å². The molecular formula is C9H15MnO3S-. The van der Waals surface area contributed by atoms with Gasteiger partial charge >= 0.3 is 0 Å². The molecule has 1 aromatic carbocycles. The number of hydrogen-bond acceptors (Lipinski definition) is 3. The summed E-state index contributed by atoms with van der Waals surface area (Å²) in [4.78, 5) is 0. The molecule has 0 aliphatic rings. The van der Waals surface area contributed by atoms with E-state index in [1.54, 1.807) is 0 Å². The molecule has 0 fully saturated rings. The van der Waals surface area contributed by atoms with Crippen molar-refractivity contribution < 1.29 is 30.0 Å². The van der Waals surface area contributed by atoms with Gasteiger partial charge < -0.3 is 4.55 Å². The number of benzene rings is 1. The van der Waals surface area contributed by atoms with Crippen molar-refractivity contribution in [3.8, 4) is 0 Å². The van der Waals surface area contributed by atoms with Gasteiger partial charge in [0.1, 0.15) is 0 Å². The van der Waals surface area contributed by atoms with Crippen LogP contribution in [0.2, 0.25) is 0 Å². The van der Waals surface area contributed by atoms with Gasteiger partial charge in [0.05, 0.1) is 10.1 Å². The quantitative estimate of drug-likeness (QED) is 0.527. The molecule has 1 rings (SSSR count). The maximum atomic E-state index is 9.08. The average molecular weight is 258 g/mol. The first-order valence-corrected chi connectivity index (χ1v) is 5.72. The Morgan fingerprint density at radius 1 is 0.857 bits per heavy atom. The van der Waals surface area contributed by atoms with Crippen LogP contribution in [0.3, 0.4) is 0 Å². The molecule has 0 aliphatic heterocycles. The third-order valence-electron chi connectivity index (χ3n) is 0.667. The maximum Gasteiger partial charge on any atom is 0.0916 e. The van der Waals surface area contributed by atoms with Crippen LogP contribution in [0.25, 0.3) is 0 Å². The Hall–Kier alpha value is -0.351. The fraction of sp³-hybridized carbons (Fsp3) is 0.333. The van der Waals surface area contributed by atoms with Crippen molar-refractivity contribution in [2.24, 2.45) is 0 Å². The van der Waals surface area contributed by atoms with Gasteiger partial charge in [0.25, 0.3) is 0 Å². The summed E-state index contributed by atoms with van der Waals surface area (Å²) in [6.07, 6.45) is 0.604. The molecule has 1 radical (unpaired) electrons. The van der Waals surface area contributed by atoms with Crippen LogP contribution in [0.4, 0.5) is 0 Å². The van der Waals surface area contributed by atoms with Gasteiger partial charge in [-0.2, -0.15) is 0 Å². The maximum absolute atomic E-state index is 9.08. The molecule has 0 amide bonds. The zero-order valence-corrected chi connectivity index (χ0v) is 10.5. The predicted molar refractivity (Wildman–Crippen MR) is 53.4 cm³/mol. The van der Waals surface area contributed by atoms with Crippen molar-refractivity contribution in [1.82, 2.24) is 0 Å². The second-order valence-electron chi connectivity index (χ2n) is 1.86. The molecule has 0 spiro atoms. The van der Waals surface area contributed by atoms with Gasteiger partial charge in [0, 0.05) is 23.3 Å². The second kappa shape index (κ2) is 12.6. The third kappa shape index (κ3) is 41.4. The summed E-state index contributed by atoms with van der Waals surface area (Å²) in [5.74, 6) is 0. The molecule has 0 bridgehead atoms. The number of rotatable bonds is 0. The van der Waals surface area contributed by atoms with Gasteiger partial charge in [-0.05, 0) is 0 Å². The van der Waals surface area contributed by atoms with Crippen molar-refractivity contribution >= 4 is 10.1 Å². The molecule has 3 nitrogen and oxygen atoms in total. The Labute approximate surface area is 96.8 Å². The molecular weight excluding hydrogens is 243 g/mol. The van der Waals surface area contributed by atoms with Crippen LogP contribution in [-0.2, 0) is 27.2 Å². The van der Waals surface area contributed by atoms with E-state index in [0.29, 0.717) is 6.26 Å². The first-order valence-electron chi connectivity index (χ1n) is 3.91. The summed E-state index contributed by atoms with van der Waals surface area (Å²) in [5, 5.41) is 0. The van der Waals surface area contributed by atoms with Crippen LogP contribution >= 0.6 is 0 Å². The molecule has 0 N–H and O–H groups in total. The largest absolute Gasteiger partial charge is 0.748 e. The van der Waals surface area contributed by atoms with Gasteiger partial charge in [-0.3, -0.25) is 0 Å². The summed E-state index contributed by atoms with van der Waals surface area (Å²) < 4.78 is 27.2. The summed E-state index contributed by atoms with van der Waals surface area (Å²) in [5.41, 5.74) is 0. The fourth-order valence-electron chi connectivity index (χ4n) is 0.385. The number of hydrogen-bond donors (Lipinski definition) is 0. The Kier molecular flexibility index (Phi) is 17.4. The van der Waals surface area contributed by atoms with E-state index in [2.05, 4.69) is 0 Å². The Bertz CT molecular complexity index is 237. The van der Waals surface area contributed by atoms with E-state index in [1.807, 2.05) is 50.2 Å². The molecule has 0 unspecified atom stereocenters. The van der Waals surface area contributed by atoms with Gasteiger partial charge in [-0.1, -0.05) is 50.2 Å². The van der Waals surface area contributed by atoms with E-state index in [0.717, 1.165) is 0 Å². The van der Waals surface area contributed by atoms with Crippen molar-refractivity contribution in [2.45, 2.75) is 13.8 Å². The molecule has 1 aromatic rings. The Morgan fingerprint density at radius 3 is 1.00 bits per heavy atom. The van der Waals surface area contributed by atoms with Gasteiger partial charge in [-0.25, -0.2) is 8.42 Å². The van der Waals surface area contributed by atoms with Gasteiger partial charge in [-0.15, -0.1) is 0 Å². The normalized spacial score (nSPS) is 8.00. The van der Waals surface area contributed by atoms with E-state index in [4.69, 9.17) is 13.0 Å². The van der Waals surface area contributed by atoms with Gasteiger partial charge in [0.2, 0.25) is 0 Å². The smallest absolute Gasteiger partial charge is 0.0916 e. The molecule has 0 aromatic heterocycles. The molecule has 14 heavy (non-hydrogen) atoms. The summed E-state index contributed by atoms with van der Waals surface area (Å²) in [7, 11) is -3.92. The van der Waals surface area contributed by atoms with Crippen molar-refractivity contribution in [1.29, 1.82) is 0 Å². The summed E-state index contributed by atoms with van der Waals surface area (Å²) >= 11 is 0. The van der Waals surface area contributed by atoms with Crippen molar-refractivity contribution in [3.05, 3.63) is 36.4 Å². The summed E-state index contributed by atoms with van der Waals surface area (Å²) in [6, 6.07) is 12.0. The predicted octanol–water partition coefficient (Wildman–Crippen LogP) is 1.87. The average Bonchev–Trinajstić information content (AvgIpc) is 2.08. The summed E-state index contributed by atoms with van der Waals surface area (Å²) in [6.45, 7) is 4.00. The van der Waals surface area contributed by atoms with Crippen molar-refractivity contribution in [3.63, 3.8) is 0 Å². The van der Waals surface area contributed by atoms with E-state index in [9.17, 15) is 0 Å². The van der Waals surface area contributed by atoms with E-state index < -0.39 is 10.1 Å². The Balaban J connectivity index is -0.000000141.